The number of aromatic nitrogens is 3. The number of hydrogen-bond acceptors (Lipinski definition) is 6. The van der Waals surface area contributed by atoms with Crippen molar-refractivity contribution in [2.45, 2.75) is 11.6 Å². The van der Waals surface area contributed by atoms with Crippen molar-refractivity contribution in [2.75, 3.05) is 17.2 Å². The van der Waals surface area contributed by atoms with E-state index in [2.05, 4.69) is 16.3 Å². The minimum atomic E-state index is -0.435. The third-order valence-electron chi connectivity index (χ3n) is 5.50. The van der Waals surface area contributed by atoms with Gasteiger partial charge in [0.2, 0.25) is 5.91 Å². The number of nitrogens with zero attached hydrogens (tertiary/aromatic N) is 5. The van der Waals surface area contributed by atoms with Gasteiger partial charge in [-0.15, -0.1) is 10.2 Å². The highest BCUT2D eigenvalue weighted by atomic mass is 32.2. The van der Waals surface area contributed by atoms with Gasteiger partial charge in [-0.2, -0.15) is 0 Å². The molecule has 0 saturated carbocycles. The van der Waals surface area contributed by atoms with Crippen LogP contribution in [0.4, 0.5) is 11.4 Å². The van der Waals surface area contributed by atoms with E-state index in [4.69, 9.17) is 0 Å². The van der Waals surface area contributed by atoms with Crippen molar-refractivity contribution in [3.05, 3.63) is 94.5 Å². The lowest BCUT2D eigenvalue weighted by atomic mass is 10.2. The molecule has 1 amide bonds. The van der Waals surface area contributed by atoms with Crippen molar-refractivity contribution < 1.29 is 9.72 Å². The van der Waals surface area contributed by atoms with Gasteiger partial charge >= 0.3 is 0 Å². The predicted octanol–water partition coefficient (Wildman–Crippen LogP) is 4.52. The fraction of sp³-hybridized carbons (Fsp3) is 0.125. The number of carbonyl (C=O) groups excluding carboxylic acids is 1. The second kappa shape index (κ2) is 8.87. The molecule has 0 atom stereocenters. The predicted molar refractivity (Wildman–Crippen MR) is 127 cm³/mol. The number of non-ortho nitro benzene ring substituents is 1. The number of nitro benzene ring substituents is 1. The molecule has 1 aromatic heterocycles. The molecule has 8 nitrogen and oxygen atoms in total. The SMILES string of the molecule is O=C(CSc1nnc(-c2ccc([N+](=O)[O-])cc2)n1-c1ccccc1)N1CCc2ccccc21. The number of benzene rings is 3. The van der Waals surface area contributed by atoms with E-state index in [1.165, 1.54) is 29.5 Å². The molecule has 3 aromatic carbocycles. The van der Waals surface area contributed by atoms with E-state index < -0.39 is 4.92 Å². The Balaban J connectivity index is 1.43. The zero-order valence-electron chi connectivity index (χ0n) is 17.5. The summed E-state index contributed by atoms with van der Waals surface area (Å²) < 4.78 is 1.87. The molecule has 0 saturated heterocycles. The van der Waals surface area contributed by atoms with Gasteiger partial charge in [0.15, 0.2) is 11.0 Å². The van der Waals surface area contributed by atoms with Crippen LogP contribution < -0.4 is 4.90 Å². The summed E-state index contributed by atoms with van der Waals surface area (Å²) in [6, 6.07) is 23.8. The molecule has 0 spiro atoms. The first-order valence-electron chi connectivity index (χ1n) is 10.4. The summed E-state index contributed by atoms with van der Waals surface area (Å²) in [7, 11) is 0. The number of nitro groups is 1. The summed E-state index contributed by atoms with van der Waals surface area (Å²) in [4.78, 5) is 25.4. The molecule has 2 heterocycles. The first-order valence-corrected chi connectivity index (χ1v) is 11.4. The van der Waals surface area contributed by atoms with E-state index in [0.717, 1.165) is 17.8 Å². The maximum Gasteiger partial charge on any atom is 0.269 e. The first-order chi connectivity index (χ1) is 16.1. The van der Waals surface area contributed by atoms with Gasteiger partial charge in [-0.05, 0) is 42.3 Å². The minimum absolute atomic E-state index is 0.00983. The monoisotopic (exact) mass is 457 g/mol. The molecular formula is C24H19N5O3S. The number of amides is 1. The van der Waals surface area contributed by atoms with E-state index >= 15 is 0 Å². The van der Waals surface area contributed by atoms with Crippen LogP contribution in [0.25, 0.3) is 17.1 Å². The summed E-state index contributed by atoms with van der Waals surface area (Å²) in [6.07, 6.45) is 0.858. The summed E-state index contributed by atoms with van der Waals surface area (Å²) in [5.41, 5.74) is 3.71. The Morgan fingerprint density at radius 1 is 0.970 bits per heavy atom. The number of thioether (sulfide) groups is 1. The third-order valence-corrected chi connectivity index (χ3v) is 6.41. The Morgan fingerprint density at radius 3 is 2.45 bits per heavy atom. The summed E-state index contributed by atoms with van der Waals surface area (Å²) in [5.74, 6) is 0.793. The molecule has 0 aliphatic carbocycles. The molecular weight excluding hydrogens is 438 g/mol. The molecule has 4 aromatic rings. The normalized spacial score (nSPS) is 12.5. The number of rotatable bonds is 6. The van der Waals surface area contributed by atoms with Crippen LogP contribution in [-0.2, 0) is 11.2 Å². The number of carbonyl (C=O) groups is 1. The zero-order valence-corrected chi connectivity index (χ0v) is 18.3. The van der Waals surface area contributed by atoms with Crippen LogP contribution in [0.3, 0.4) is 0 Å². The highest BCUT2D eigenvalue weighted by Crippen LogP contribution is 2.31. The molecule has 33 heavy (non-hydrogen) atoms. The minimum Gasteiger partial charge on any atom is -0.311 e. The molecule has 0 radical (unpaired) electrons. The molecule has 1 aliphatic rings. The molecule has 5 rings (SSSR count). The number of hydrogen-bond donors (Lipinski definition) is 0. The van der Waals surface area contributed by atoms with Crippen molar-refractivity contribution >= 4 is 29.0 Å². The van der Waals surface area contributed by atoms with Crippen molar-refractivity contribution in [1.29, 1.82) is 0 Å². The molecule has 0 fully saturated rings. The lowest BCUT2D eigenvalue weighted by molar-refractivity contribution is -0.384. The van der Waals surface area contributed by atoms with Crippen LogP contribution >= 0.6 is 11.8 Å². The maximum atomic E-state index is 13.0. The third kappa shape index (κ3) is 4.10. The molecule has 9 heteroatoms. The Morgan fingerprint density at radius 2 is 1.70 bits per heavy atom. The van der Waals surface area contributed by atoms with Crippen LogP contribution in [0.1, 0.15) is 5.56 Å². The zero-order chi connectivity index (χ0) is 22.8. The average Bonchev–Trinajstić information content (AvgIpc) is 3.48. The summed E-state index contributed by atoms with van der Waals surface area (Å²) >= 11 is 1.32. The number of fused-ring (bicyclic) bond motifs is 1. The Labute approximate surface area is 194 Å². The topological polar surface area (TPSA) is 94.2 Å². The van der Waals surface area contributed by atoms with E-state index in [9.17, 15) is 14.9 Å². The Hall–Kier alpha value is -3.98. The molecule has 0 unspecified atom stereocenters. The van der Waals surface area contributed by atoms with Gasteiger partial charge in [0.1, 0.15) is 0 Å². The standard InChI is InChI=1S/C24H19N5O3S/c30-22(27-15-14-17-6-4-5-9-21(17)27)16-33-24-26-25-23(28(24)19-7-2-1-3-8-19)18-10-12-20(13-11-18)29(31)32/h1-13H,14-16H2. The fourth-order valence-electron chi connectivity index (χ4n) is 3.89. The quantitative estimate of drug-likeness (QED) is 0.240. The van der Waals surface area contributed by atoms with Crippen molar-refractivity contribution in [3.63, 3.8) is 0 Å². The van der Waals surface area contributed by atoms with Crippen molar-refractivity contribution in [2.24, 2.45) is 0 Å². The van der Waals surface area contributed by atoms with Crippen LogP contribution in [0.2, 0.25) is 0 Å². The fourth-order valence-corrected chi connectivity index (χ4v) is 4.72. The molecule has 164 valence electrons. The molecule has 0 N–H and O–H groups in total. The van der Waals surface area contributed by atoms with E-state index in [1.54, 1.807) is 12.1 Å². The largest absolute Gasteiger partial charge is 0.311 e. The van der Waals surface area contributed by atoms with Crippen molar-refractivity contribution in [3.8, 4) is 17.1 Å². The maximum absolute atomic E-state index is 13.0. The Bertz CT molecular complexity index is 1320. The molecule has 1 aliphatic heterocycles. The van der Waals surface area contributed by atoms with E-state index in [-0.39, 0.29) is 17.3 Å². The van der Waals surface area contributed by atoms with Gasteiger partial charge in [-0.25, -0.2) is 0 Å². The lowest BCUT2D eigenvalue weighted by Gasteiger charge is -2.17. The van der Waals surface area contributed by atoms with Gasteiger partial charge in [0.05, 0.1) is 10.7 Å². The first kappa shape index (κ1) is 20.9. The van der Waals surface area contributed by atoms with Crippen LogP contribution in [0.5, 0.6) is 0 Å². The van der Waals surface area contributed by atoms with Gasteiger partial charge < -0.3 is 4.90 Å². The summed E-state index contributed by atoms with van der Waals surface area (Å²) in [6.45, 7) is 0.679. The molecule has 0 bridgehead atoms. The van der Waals surface area contributed by atoms with Crippen LogP contribution in [0.15, 0.2) is 84.0 Å². The second-order valence-electron chi connectivity index (χ2n) is 7.49. The Kier molecular flexibility index (Phi) is 5.62. The second-order valence-corrected chi connectivity index (χ2v) is 8.44. The van der Waals surface area contributed by atoms with Gasteiger partial charge in [-0.3, -0.25) is 19.5 Å². The van der Waals surface area contributed by atoms with Gasteiger partial charge in [0, 0.05) is 35.6 Å². The number of anilines is 1. The summed E-state index contributed by atoms with van der Waals surface area (Å²) in [5, 5.41) is 20.3. The van der Waals surface area contributed by atoms with Gasteiger partial charge in [0.25, 0.3) is 5.69 Å². The highest BCUT2D eigenvalue weighted by molar-refractivity contribution is 7.99. The van der Waals surface area contributed by atoms with Crippen LogP contribution in [0, 0.1) is 10.1 Å². The average molecular weight is 458 g/mol. The van der Waals surface area contributed by atoms with Crippen LogP contribution in [-0.4, -0.2) is 37.9 Å². The van der Waals surface area contributed by atoms with E-state index in [1.807, 2.05) is 58.0 Å². The van der Waals surface area contributed by atoms with E-state index in [0.29, 0.717) is 23.1 Å². The highest BCUT2D eigenvalue weighted by Gasteiger charge is 2.25. The van der Waals surface area contributed by atoms with Gasteiger partial charge in [-0.1, -0.05) is 48.2 Å². The smallest absolute Gasteiger partial charge is 0.269 e. The van der Waals surface area contributed by atoms with Crippen molar-refractivity contribution in [1.82, 2.24) is 14.8 Å². The number of para-hydroxylation sites is 2. The lowest BCUT2D eigenvalue weighted by Crippen LogP contribution is -2.30.